The number of amides is 1. The Balaban J connectivity index is 1.42. The molecule has 27 heavy (non-hydrogen) atoms. The summed E-state index contributed by atoms with van der Waals surface area (Å²) in [5, 5.41) is 8.32. The Morgan fingerprint density at radius 1 is 1.22 bits per heavy atom. The van der Waals surface area contributed by atoms with E-state index in [0.29, 0.717) is 22.7 Å². The van der Waals surface area contributed by atoms with Gasteiger partial charge in [-0.3, -0.25) is 9.48 Å². The van der Waals surface area contributed by atoms with Gasteiger partial charge in [0.15, 0.2) is 0 Å². The van der Waals surface area contributed by atoms with Gasteiger partial charge in [-0.25, -0.2) is 0 Å². The number of rotatable bonds is 4. The molecule has 0 saturated carbocycles. The monoisotopic (exact) mass is 386 g/mol. The van der Waals surface area contributed by atoms with Crippen LogP contribution in [0.2, 0.25) is 5.02 Å². The van der Waals surface area contributed by atoms with E-state index in [1.54, 1.807) is 4.68 Å². The topological polar surface area (TPSA) is 50.2 Å². The van der Waals surface area contributed by atoms with E-state index in [4.69, 9.17) is 11.6 Å². The first kappa shape index (κ1) is 18.5. The molecule has 2 aliphatic heterocycles. The zero-order chi connectivity index (χ0) is 18.8. The first-order valence-electron chi connectivity index (χ1n) is 9.94. The van der Waals surface area contributed by atoms with E-state index in [2.05, 4.69) is 15.3 Å². The van der Waals surface area contributed by atoms with Crippen molar-refractivity contribution in [3.8, 4) is 11.3 Å². The maximum atomic E-state index is 12.8. The van der Waals surface area contributed by atoms with Crippen LogP contribution in [0.4, 0.5) is 0 Å². The van der Waals surface area contributed by atoms with Crippen LogP contribution in [0.3, 0.4) is 0 Å². The maximum Gasteiger partial charge on any atom is 0.269 e. The van der Waals surface area contributed by atoms with Crippen LogP contribution in [-0.2, 0) is 7.05 Å². The number of carbonyl (C=O) groups is 1. The summed E-state index contributed by atoms with van der Waals surface area (Å²) < 4.78 is 1.65. The van der Waals surface area contributed by atoms with Crippen molar-refractivity contribution in [3.63, 3.8) is 0 Å². The Morgan fingerprint density at radius 3 is 2.93 bits per heavy atom. The third kappa shape index (κ3) is 4.04. The number of aromatic nitrogens is 2. The summed E-state index contributed by atoms with van der Waals surface area (Å²) in [6, 6.07) is 10.0. The Kier molecular flexibility index (Phi) is 5.50. The van der Waals surface area contributed by atoms with Crippen LogP contribution in [0.25, 0.3) is 11.3 Å². The highest BCUT2D eigenvalue weighted by Gasteiger charge is 2.33. The Labute approximate surface area is 165 Å². The molecule has 1 amide bonds. The van der Waals surface area contributed by atoms with Crippen molar-refractivity contribution in [1.29, 1.82) is 0 Å². The van der Waals surface area contributed by atoms with Crippen LogP contribution < -0.4 is 5.32 Å². The Bertz CT molecular complexity index is 816. The molecule has 2 aromatic rings. The fourth-order valence-corrected chi connectivity index (χ4v) is 4.79. The van der Waals surface area contributed by atoms with Gasteiger partial charge >= 0.3 is 0 Å². The predicted molar refractivity (Wildman–Crippen MR) is 108 cm³/mol. The largest absolute Gasteiger partial charge is 0.350 e. The summed E-state index contributed by atoms with van der Waals surface area (Å²) in [6.07, 6.45) is 6.35. The molecule has 3 heterocycles. The highest BCUT2D eigenvalue weighted by atomic mass is 35.5. The van der Waals surface area contributed by atoms with Gasteiger partial charge in [-0.2, -0.15) is 5.10 Å². The second kappa shape index (κ2) is 8.03. The van der Waals surface area contributed by atoms with Gasteiger partial charge in [-0.15, -0.1) is 0 Å². The van der Waals surface area contributed by atoms with Gasteiger partial charge in [0.1, 0.15) is 5.69 Å². The number of halogens is 1. The summed E-state index contributed by atoms with van der Waals surface area (Å²) in [7, 11) is 1.81. The quantitative estimate of drug-likeness (QED) is 0.870. The van der Waals surface area contributed by atoms with Crippen LogP contribution in [0, 0.1) is 5.92 Å². The highest BCUT2D eigenvalue weighted by Crippen LogP contribution is 2.30. The first-order valence-corrected chi connectivity index (χ1v) is 10.3. The van der Waals surface area contributed by atoms with Gasteiger partial charge in [0.25, 0.3) is 5.91 Å². The van der Waals surface area contributed by atoms with Crippen molar-refractivity contribution in [2.45, 2.75) is 38.1 Å². The third-order valence-corrected chi connectivity index (χ3v) is 6.22. The van der Waals surface area contributed by atoms with E-state index in [1.807, 2.05) is 37.4 Å². The standard InChI is InChI=1S/C21H27ClN4O/c1-25-20(13-18(24-25)15-6-4-8-17(22)12-15)21(27)23-14-16-7-5-11-26-10-3-2-9-19(16)26/h4,6,8,12-13,16,19H,2-3,5,7,9-11,14H2,1H3,(H,23,27)/t16-,19+/m0/s1. The molecule has 0 spiro atoms. The van der Waals surface area contributed by atoms with Gasteiger partial charge in [-0.1, -0.05) is 30.2 Å². The number of hydrogen-bond acceptors (Lipinski definition) is 3. The highest BCUT2D eigenvalue weighted by molar-refractivity contribution is 6.30. The first-order chi connectivity index (χ1) is 13.1. The minimum absolute atomic E-state index is 0.0498. The average molecular weight is 387 g/mol. The molecule has 0 radical (unpaired) electrons. The number of hydrogen-bond donors (Lipinski definition) is 1. The molecule has 2 saturated heterocycles. The van der Waals surface area contributed by atoms with Crippen molar-refractivity contribution >= 4 is 17.5 Å². The summed E-state index contributed by atoms with van der Waals surface area (Å²) in [6.45, 7) is 3.19. The third-order valence-electron chi connectivity index (χ3n) is 5.99. The number of fused-ring (bicyclic) bond motifs is 1. The molecule has 2 fully saturated rings. The molecule has 5 nitrogen and oxygen atoms in total. The maximum absolute atomic E-state index is 12.8. The predicted octanol–water partition coefficient (Wildman–Crippen LogP) is 3.73. The summed E-state index contributed by atoms with van der Waals surface area (Å²) >= 11 is 6.08. The summed E-state index contributed by atoms with van der Waals surface area (Å²) in [5.41, 5.74) is 2.27. The minimum Gasteiger partial charge on any atom is -0.350 e. The van der Waals surface area contributed by atoms with E-state index < -0.39 is 0 Å². The lowest BCUT2D eigenvalue weighted by Gasteiger charge is -2.44. The molecule has 1 N–H and O–H groups in total. The summed E-state index contributed by atoms with van der Waals surface area (Å²) in [4.78, 5) is 15.4. The molecule has 4 rings (SSSR count). The fourth-order valence-electron chi connectivity index (χ4n) is 4.60. The molecule has 2 atom stereocenters. The van der Waals surface area contributed by atoms with Crippen molar-refractivity contribution in [2.75, 3.05) is 19.6 Å². The molecule has 1 aromatic heterocycles. The van der Waals surface area contributed by atoms with E-state index >= 15 is 0 Å². The molecular formula is C21H27ClN4O. The van der Waals surface area contributed by atoms with Crippen LogP contribution in [0.1, 0.15) is 42.6 Å². The average Bonchev–Trinajstić information content (AvgIpc) is 3.08. The van der Waals surface area contributed by atoms with Crippen molar-refractivity contribution in [3.05, 3.63) is 41.0 Å². The number of nitrogens with one attached hydrogen (secondary N) is 1. The number of carbonyl (C=O) groups excluding carboxylic acids is 1. The fraction of sp³-hybridized carbons (Fsp3) is 0.524. The molecule has 0 aliphatic carbocycles. The SMILES string of the molecule is Cn1nc(-c2cccc(Cl)c2)cc1C(=O)NC[C@@H]1CCCN2CCCC[C@H]12. The molecular weight excluding hydrogens is 360 g/mol. The van der Waals surface area contributed by atoms with Gasteiger partial charge < -0.3 is 10.2 Å². The number of benzene rings is 1. The zero-order valence-corrected chi connectivity index (χ0v) is 16.6. The molecule has 0 unspecified atom stereocenters. The van der Waals surface area contributed by atoms with Gasteiger partial charge in [0.05, 0.1) is 5.69 Å². The lowest BCUT2D eigenvalue weighted by molar-refractivity contribution is 0.0574. The Morgan fingerprint density at radius 2 is 2.07 bits per heavy atom. The van der Waals surface area contributed by atoms with E-state index in [9.17, 15) is 4.79 Å². The lowest BCUT2D eigenvalue weighted by Crippen LogP contribution is -2.51. The number of aryl methyl sites for hydroxylation is 1. The van der Waals surface area contributed by atoms with E-state index in [0.717, 1.165) is 17.8 Å². The van der Waals surface area contributed by atoms with Gasteiger partial charge in [0.2, 0.25) is 0 Å². The van der Waals surface area contributed by atoms with Crippen LogP contribution in [0.5, 0.6) is 0 Å². The van der Waals surface area contributed by atoms with Crippen LogP contribution in [-0.4, -0.2) is 46.3 Å². The zero-order valence-electron chi connectivity index (χ0n) is 15.8. The van der Waals surface area contributed by atoms with Crippen molar-refractivity contribution < 1.29 is 4.79 Å². The second-order valence-corrected chi connectivity index (χ2v) is 8.20. The van der Waals surface area contributed by atoms with Gasteiger partial charge in [-0.05, 0) is 62.9 Å². The molecule has 144 valence electrons. The minimum atomic E-state index is -0.0498. The van der Waals surface area contributed by atoms with Crippen molar-refractivity contribution in [1.82, 2.24) is 20.0 Å². The lowest BCUT2D eigenvalue weighted by atomic mass is 9.83. The van der Waals surface area contributed by atoms with E-state index in [-0.39, 0.29) is 5.91 Å². The number of nitrogens with zero attached hydrogens (tertiary/aromatic N) is 3. The number of piperidine rings is 2. The molecule has 0 bridgehead atoms. The van der Waals surface area contributed by atoms with Crippen molar-refractivity contribution in [2.24, 2.45) is 13.0 Å². The second-order valence-electron chi connectivity index (χ2n) is 7.76. The van der Waals surface area contributed by atoms with Crippen LogP contribution >= 0.6 is 11.6 Å². The molecule has 1 aromatic carbocycles. The smallest absolute Gasteiger partial charge is 0.269 e. The molecule has 6 heteroatoms. The van der Waals surface area contributed by atoms with E-state index in [1.165, 1.54) is 45.2 Å². The van der Waals surface area contributed by atoms with Gasteiger partial charge in [0, 0.05) is 30.2 Å². The van der Waals surface area contributed by atoms with Crippen LogP contribution in [0.15, 0.2) is 30.3 Å². The normalized spacial score (nSPS) is 23.0. The Hall–Kier alpha value is -1.85. The molecule has 2 aliphatic rings. The summed E-state index contributed by atoms with van der Waals surface area (Å²) in [5.74, 6) is 0.509.